The number of amides is 1. The van der Waals surface area contributed by atoms with Crippen molar-refractivity contribution >= 4 is 5.91 Å². The third-order valence-corrected chi connectivity index (χ3v) is 2.36. The summed E-state index contributed by atoms with van der Waals surface area (Å²) in [5.41, 5.74) is 0.386. The molecule has 98 valence electrons. The number of carbonyl (C=O) groups is 1. The fourth-order valence-electron chi connectivity index (χ4n) is 1.47. The molecule has 1 aromatic carbocycles. The summed E-state index contributed by atoms with van der Waals surface area (Å²) in [5.74, 6) is 1.15. The Labute approximate surface area is 106 Å². The van der Waals surface area contributed by atoms with Gasteiger partial charge in [-0.3, -0.25) is 4.79 Å². The van der Waals surface area contributed by atoms with Crippen LogP contribution in [0.3, 0.4) is 0 Å². The highest BCUT2D eigenvalue weighted by Gasteiger charge is 2.16. The van der Waals surface area contributed by atoms with Gasteiger partial charge in [0.2, 0.25) is 0 Å². The zero-order valence-electron chi connectivity index (χ0n) is 10.8. The second kappa shape index (κ2) is 6.54. The van der Waals surface area contributed by atoms with E-state index < -0.39 is 0 Å². The van der Waals surface area contributed by atoms with E-state index >= 15 is 0 Å². The van der Waals surface area contributed by atoms with Crippen LogP contribution in [0.5, 0.6) is 17.2 Å². The maximum Gasteiger partial charge on any atom is 0.255 e. The molecule has 0 aromatic heterocycles. The summed E-state index contributed by atoms with van der Waals surface area (Å²) < 4.78 is 15.5. The first-order valence-electron chi connectivity index (χ1n) is 5.37. The normalized spacial score (nSPS) is 9.50. The molecule has 0 unspecified atom stereocenters. The summed E-state index contributed by atoms with van der Waals surface area (Å²) >= 11 is 0. The van der Waals surface area contributed by atoms with Crippen LogP contribution in [0.2, 0.25) is 0 Å². The van der Waals surface area contributed by atoms with Crippen LogP contribution in [0.1, 0.15) is 10.4 Å². The molecule has 0 bridgehead atoms. The number of nitrogens with one attached hydrogen (secondary N) is 1. The van der Waals surface area contributed by atoms with E-state index in [4.69, 9.17) is 14.2 Å². The minimum atomic E-state index is -0.257. The third kappa shape index (κ3) is 2.94. The highest BCUT2D eigenvalue weighted by Crippen LogP contribution is 2.34. The predicted octanol–water partition coefficient (Wildman–Crippen LogP) is 1.63. The van der Waals surface area contributed by atoms with Crippen LogP contribution >= 0.6 is 0 Å². The number of rotatable bonds is 6. The van der Waals surface area contributed by atoms with Crippen molar-refractivity contribution in [3.8, 4) is 17.2 Å². The van der Waals surface area contributed by atoms with E-state index in [0.717, 1.165) is 0 Å². The van der Waals surface area contributed by atoms with Gasteiger partial charge in [0.05, 0.1) is 26.9 Å². The van der Waals surface area contributed by atoms with Crippen LogP contribution in [-0.2, 0) is 0 Å². The topological polar surface area (TPSA) is 56.8 Å². The molecule has 0 aliphatic carbocycles. The maximum atomic E-state index is 11.9. The lowest BCUT2D eigenvalue weighted by Crippen LogP contribution is -2.23. The van der Waals surface area contributed by atoms with Crippen molar-refractivity contribution in [1.29, 1.82) is 0 Å². The number of methoxy groups -OCH3 is 3. The van der Waals surface area contributed by atoms with Crippen LogP contribution < -0.4 is 19.5 Å². The molecule has 1 N–H and O–H groups in total. The summed E-state index contributed by atoms with van der Waals surface area (Å²) in [4.78, 5) is 11.9. The van der Waals surface area contributed by atoms with Gasteiger partial charge in [-0.15, -0.1) is 6.58 Å². The molecule has 0 heterocycles. The molecule has 0 spiro atoms. The Morgan fingerprint density at radius 1 is 1.17 bits per heavy atom. The average Bonchev–Trinajstić information content (AvgIpc) is 2.42. The Hall–Kier alpha value is -2.17. The van der Waals surface area contributed by atoms with E-state index in [-0.39, 0.29) is 5.91 Å². The molecule has 1 rings (SSSR count). The van der Waals surface area contributed by atoms with E-state index in [2.05, 4.69) is 11.9 Å². The Morgan fingerprint density at radius 3 is 2.22 bits per heavy atom. The fraction of sp³-hybridized carbons (Fsp3) is 0.308. The molecule has 0 saturated carbocycles. The molecular weight excluding hydrogens is 234 g/mol. The molecule has 0 aliphatic rings. The van der Waals surface area contributed by atoms with Gasteiger partial charge in [0.1, 0.15) is 5.75 Å². The van der Waals surface area contributed by atoms with Gasteiger partial charge < -0.3 is 19.5 Å². The van der Waals surface area contributed by atoms with Gasteiger partial charge in [0.25, 0.3) is 5.91 Å². The van der Waals surface area contributed by atoms with Crippen molar-refractivity contribution in [3.63, 3.8) is 0 Å². The predicted molar refractivity (Wildman–Crippen MR) is 68.6 cm³/mol. The van der Waals surface area contributed by atoms with E-state index in [1.54, 1.807) is 18.2 Å². The van der Waals surface area contributed by atoms with Crippen molar-refractivity contribution in [2.45, 2.75) is 0 Å². The number of hydrogen-bond acceptors (Lipinski definition) is 4. The smallest absolute Gasteiger partial charge is 0.255 e. The minimum absolute atomic E-state index is 0.257. The Kier molecular flexibility index (Phi) is 5.05. The third-order valence-electron chi connectivity index (χ3n) is 2.36. The molecule has 1 amide bonds. The first-order valence-corrected chi connectivity index (χ1v) is 5.37. The highest BCUT2D eigenvalue weighted by atomic mass is 16.5. The van der Waals surface area contributed by atoms with Crippen LogP contribution in [-0.4, -0.2) is 33.8 Å². The Morgan fingerprint density at radius 2 is 1.72 bits per heavy atom. The molecule has 0 radical (unpaired) electrons. The number of hydrogen-bond donors (Lipinski definition) is 1. The van der Waals surface area contributed by atoms with E-state index in [0.29, 0.717) is 29.4 Å². The van der Waals surface area contributed by atoms with Crippen LogP contribution in [0.25, 0.3) is 0 Å². The number of ether oxygens (including phenoxy) is 3. The summed E-state index contributed by atoms with van der Waals surface area (Å²) in [6.07, 6.45) is 1.60. The lowest BCUT2D eigenvalue weighted by atomic mass is 10.1. The van der Waals surface area contributed by atoms with Crippen molar-refractivity contribution < 1.29 is 19.0 Å². The lowest BCUT2D eigenvalue weighted by molar-refractivity contribution is 0.0954. The molecule has 5 nitrogen and oxygen atoms in total. The van der Waals surface area contributed by atoms with Gasteiger partial charge in [-0.05, 0) is 0 Å². The first-order chi connectivity index (χ1) is 8.67. The average molecular weight is 251 g/mol. The van der Waals surface area contributed by atoms with Crippen molar-refractivity contribution in [3.05, 3.63) is 30.4 Å². The molecule has 0 atom stereocenters. The van der Waals surface area contributed by atoms with Gasteiger partial charge in [0.15, 0.2) is 11.5 Å². The summed E-state index contributed by atoms with van der Waals surface area (Å²) in [6.45, 7) is 3.92. The van der Waals surface area contributed by atoms with Gasteiger partial charge in [0, 0.05) is 18.7 Å². The standard InChI is InChI=1S/C13H17NO4/c1-5-6-14-13(15)9-7-11(17-3)12(18-4)8-10(9)16-2/h5,7-8H,1,6H2,2-4H3,(H,14,15). The Bertz CT molecular complexity index is 443. The van der Waals surface area contributed by atoms with E-state index in [1.165, 1.54) is 21.3 Å². The lowest BCUT2D eigenvalue weighted by Gasteiger charge is -2.13. The second-order valence-corrected chi connectivity index (χ2v) is 3.41. The minimum Gasteiger partial charge on any atom is -0.496 e. The monoisotopic (exact) mass is 251 g/mol. The largest absolute Gasteiger partial charge is 0.496 e. The Balaban J connectivity index is 3.16. The van der Waals surface area contributed by atoms with Crippen molar-refractivity contribution in [1.82, 2.24) is 5.32 Å². The molecule has 18 heavy (non-hydrogen) atoms. The highest BCUT2D eigenvalue weighted by molar-refractivity contribution is 5.97. The molecule has 0 saturated heterocycles. The molecule has 5 heteroatoms. The van der Waals surface area contributed by atoms with Crippen molar-refractivity contribution in [2.24, 2.45) is 0 Å². The number of carbonyl (C=O) groups excluding carboxylic acids is 1. The van der Waals surface area contributed by atoms with E-state index in [1.807, 2.05) is 0 Å². The maximum absolute atomic E-state index is 11.9. The zero-order chi connectivity index (χ0) is 13.5. The van der Waals surface area contributed by atoms with Crippen LogP contribution in [0.4, 0.5) is 0 Å². The van der Waals surface area contributed by atoms with Gasteiger partial charge >= 0.3 is 0 Å². The van der Waals surface area contributed by atoms with Crippen LogP contribution in [0.15, 0.2) is 24.8 Å². The van der Waals surface area contributed by atoms with Gasteiger partial charge in [-0.2, -0.15) is 0 Å². The van der Waals surface area contributed by atoms with Gasteiger partial charge in [-0.25, -0.2) is 0 Å². The molecule has 0 fully saturated rings. The molecule has 0 aliphatic heterocycles. The summed E-state index contributed by atoms with van der Waals surface area (Å²) in [7, 11) is 4.52. The van der Waals surface area contributed by atoms with Crippen LogP contribution in [0, 0.1) is 0 Å². The molecule has 1 aromatic rings. The second-order valence-electron chi connectivity index (χ2n) is 3.41. The summed E-state index contributed by atoms with van der Waals surface area (Å²) in [6, 6.07) is 3.19. The SMILES string of the molecule is C=CCNC(=O)c1cc(OC)c(OC)cc1OC. The number of benzene rings is 1. The quantitative estimate of drug-likeness (QED) is 0.781. The fourth-order valence-corrected chi connectivity index (χ4v) is 1.47. The van der Waals surface area contributed by atoms with E-state index in [9.17, 15) is 4.79 Å². The first kappa shape index (κ1) is 13.9. The molecular formula is C13H17NO4. The zero-order valence-corrected chi connectivity index (χ0v) is 10.8. The summed E-state index contributed by atoms with van der Waals surface area (Å²) in [5, 5.41) is 2.68. The van der Waals surface area contributed by atoms with Gasteiger partial charge in [-0.1, -0.05) is 6.08 Å². The van der Waals surface area contributed by atoms with Crippen molar-refractivity contribution in [2.75, 3.05) is 27.9 Å².